The Hall–Kier alpha value is -2.35. The van der Waals surface area contributed by atoms with E-state index in [-0.39, 0.29) is 5.57 Å². The maximum Gasteiger partial charge on any atom is 0.350 e. The molecule has 0 amide bonds. The Morgan fingerprint density at radius 2 is 1.95 bits per heavy atom. The van der Waals surface area contributed by atoms with Gasteiger partial charge in [0.2, 0.25) is 0 Å². The lowest BCUT2D eigenvalue weighted by molar-refractivity contribution is -0.222. The number of hydrogen-bond acceptors (Lipinski definition) is 8. The number of rotatable bonds is 3. The van der Waals surface area contributed by atoms with E-state index in [0.717, 1.165) is 6.20 Å². The zero-order valence-corrected chi connectivity index (χ0v) is 12.4. The van der Waals surface area contributed by atoms with Crippen molar-refractivity contribution in [2.45, 2.75) is 19.6 Å². The molecule has 21 heavy (non-hydrogen) atoms. The zero-order valence-electron chi connectivity index (χ0n) is 11.6. The van der Waals surface area contributed by atoms with Gasteiger partial charge in [-0.1, -0.05) is 0 Å². The van der Waals surface area contributed by atoms with E-state index < -0.39 is 23.7 Å². The first-order valence-electron chi connectivity index (χ1n) is 5.93. The van der Waals surface area contributed by atoms with Crippen LogP contribution in [0.1, 0.15) is 23.5 Å². The smallest absolute Gasteiger partial charge is 0.350 e. The first-order chi connectivity index (χ1) is 9.84. The molecule has 2 rings (SSSR count). The minimum Gasteiger partial charge on any atom is -0.465 e. The van der Waals surface area contributed by atoms with Gasteiger partial charge in [0.25, 0.3) is 5.79 Å². The highest BCUT2D eigenvalue weighted by molar-refractivity contribution is 7.12. The van der Waals surface area contributed by atoms with Gasteiger partial charge in [0.1, 0.15) is 4.88 Å². The molecule has 1 aromatic heterocycles. The molecule has 0 unspecified atom stereocenters. The number of carbonyl (C=O) groups excluding carboxylic acids is 3. The van der Waals surface area contributed by atoms with Gasteiger partial charge in [0.15, 0.2) is 5.57 Å². The molecular weight excluding hydrogens is 298 g/mol. The third kappa shape index (κ3) is 3.22. The van der Waals surface area contributed by atoms with Gasteiger partial charge in [0.05, 0.1) is 12.8 Å². The van der Waals surface area contributed by atoms with Crippen molar-refractivity contribution in [2.75, 3.05) is 12.4 Å². The maximum atomic E-state index is 11.7. The van der Waals surface area contributed by atoms with Gasteiger partial charge in [-0.25, -0.2) is 14.4 Å². The number of carbonyl (C=O) groups is 3. The summed E-state index contributed by atoms with van der Waals surface area (Å²) < 4.78 is 14.5. The molecule has 8 heteroatoms. The fourth-order valence-corrected chi connectivity index (χ4v) is 2.38. The molecular formula is C13H13NO6S. The molecule has 0 spiro atoms. The number of cyclic esters (lactones) is 2. The van der Waals surface area contributed by atoms with Crippen molar-refractivity contribution in [1.82, 2.24) is 0 Å². The second kappa shape index (κ2) is 5.57. The molecule has 1 aromatic rings. The van der Waals surface area contributed by atoms with Crippen LogP contribution in [0.25, 0.3) is 0 Å². The highest BCUT2D eigenvalue weighted by Gasteiger charge is 2.39. The third-order valence-corrected chi connectivity index (χ3v) is 3.42. The predicted molar refractivity (Wildman–Crippen MR) is 73.6 cm³/mol. The van der Waals surface area contributed by atoms with E-state index in [2.05, 4.69) is 10.1 Å². The van der Waals surface area contributed by atoms with Crippen molar-refractivity contribution < 1.29 is 28.6 Å². The molecule has 0 bridgehead atoms. The Morgan fingerprint density at radius 1 is 1.33 bits per heavy atom. The van der Waals surface area contributed by atoms with Crippen molar-refractivity contribution in [3.63, 3.8) is 0 Å². The summed E-state index contributed by atoms with van der Waals surface area (Å²) in [5, 5.41) is 4.39. The molecule has 1 saturated heterocycles. The minimum absolute atomic E-state index is 0.281. The van der Waals surface area contributed by atoms with E-state index >= 15 is 0 Å². The Labute approximate surface area is 124 Å². The summed E-state index contributed by atoms with van der Waals surface area (Å²) in [6.45, 7) is 2.92. The molecule has 0 atom stereocenters. The lowest BCUT2D eigenvalue weighted by Crippen LogP contribution is -2.42. The van der Waals surface area contributed by atoms with Gasteiger partial charge in [-0.3, -0.25) is 0 Å². The highest BCUT2D eigenvalue weighted by atomic mass is 32.1. The fourth-order valence-electron chi connectivity index (χ4n) is 1.60. The number of ether oxygens (including phenoxy) is 3. The minimum atomic E-state index is -1.29. The van der Waals surface area contributed by atoms with Crippen molar-refractivity contribution in [3.05, 3.63) is 28.1 Å². The quantitative estimate of drug-likeness (QED) is 0.516. The summed E-state index contributed by atoms with van der Waals surface area (Å²) in [7, 11) is 1.27. The highest BCUT2D eigenvalue weighted by Crippen LogP contribution is 2.25. The first kappa shape index (κ1) is 15.0. The molecule has 0 aromatic carbocycles. The average molecular weight is 311 g/mol. The monoisotopic (exact) mass is 311 g/mol. The largest absolute Gasteiger partial charge is 0.465 e. The summed E-state index contributed by atoms with van der Waals surface area (Å²) in [5.74, 6) is -3.39. The Bertz CT molecular complexity index is 608. The van der Waals surface area contributed by atoms with Gasteiger partial charge in [-0.15, -0.1) is 11.3 Å². The van der Waals surface area contributed by atoms with E-state index in [1.165, 1.54) is 32.3 Å². The van der Waals surface area contributed by atoms with E-state index in [1.807, 2.05) is 0 Å². The van der Waals surface area contributed by atoms with E-state index in [4.69, 9.17) is 9.47 Å². The van der Waals surface area contributed by atoms with Crippen LogP contribution in [0.2, 0.25) is 0 Å². The van der Waals surface area contributed by atoms with E-state index in [0.29, 0.717) is 10.6 Å². The van der Waals surface area contributed by atoms with Crippen LogP contribution in [-0.4, -0.2) is 30.8 Å². The van der Waals surface area contributed by atoms with Crippen LogP contribution in [0, 0.1) is 0 Å². The zero-order chi connectivity index (χ0) is 15.6. The van der Waals surface area contributed by atoms with Gasteiger partial charge in [-0.05, 0) is 11.4 Å². The third-order valence-electron chi connectivity index (χ3n) is 2.52. The predicted octanol–water partition coefficient (Wildman–Crippen LogP) is 1.67. The number of hydrogen-bond donors (Lipinski definition) is 1. The second-order valence-corrected chi connectivity index (χ2v) is 5.45. The van der Waals surface area contributed by atoms with Gasteiger partial charge in [-0.2, -0.15) is 0 Å². The summed E-state index contributed by atoms with van der Waals surface area (Å²) in [4.78, 5) is 35.3. The van der Waals surface area contributed by atoms with Crippen LogP contribution in [0.4, 0.5) is 5.69 Å². The van der Waals surface area contributed by atoms with E-state index in [9.17, 15) is 14.4 Å². The summed E-state index contributed by atoms with van der Waals surface area (Å²) in [5.41, 5.74) is 0.140. The Morgan fingerprint density at radius 3 is 2.52 bits per heavy atom. The van der Waals surface area contributed by atoms with E-state index in [1.54, 1.807) is 11.4 Å². The maximum absolute atomic E-state index is 11.7. The lowest BCUT2D eigenvalue weighted by atomic mass is 10.2. The van der Waals surface area contributed by atoms with Crippen LogP contribution in [0.3, 0.4) is 0 Å². The number of nitrogens with one attached hydrogen (secondary N) is 1. The molecule has 1 N–H and O–H groups in total. The Balaban J connectivity index is 2.18. The number of anilines is 1. The van der Waals surface area contributed by atoms with Crippen molar-refractivity contribution >= 4 is 34.9 Å². The van der Waals surface area contributed by atoms with Crippen LogP contribution in [0.15, 0.2) is 23.2 Å². The molecule has 2 heterocycles. The molecule has 1 aliphatic rings. The molecule has 1 fully saturated rings. The van der Waals surface area contributed by atoms with Crippen LogP contribution in [0.5, 0.6) is 0 Å². The topological polar surface area (TPSA) is 90.9 Å². The lowest BCUT2D eigenvalue weighted by Gasteiger charge is -2.29. The molecule has 112 valence electrons. The van der Waals surface area contributed by atoms with Crippen molar-refractivity contribution in [2.24, 2.45) is 0 Å². The standard InChI is InChI=1S/C13H13NO6S/c1-13(2)19-10(15)7(11(16)20-13)6-14-8-4-5-21-9(8)12(17)18-3/h4-6,14H,1-3H3. The number of thiophene rings is 1. The van der Waals surface area contributed by atoms with Crippen LogP contribution in [-0.2, 0) is 23.8 Å². The fraction of sp³-hybridized carbons (Fsp3) is 0.308. The number of methoxy groups -OCH3 is 1. The Kier molecular flexibility index (Phi) is 3.99. The second-order valence-electron chi connectivity index (χ2n) is 4.54. The molecule has 7 nitrogen and oxygen atoms in total. The van der Waals surface area contributed by atoms with Gasteiger partial charge in [0, 0.05) is 20.0 Å². The normalized spacial score (nSPS) is 16.8. The van der Waals surface area contributed by atoms with Crippen LogP contribution >= 0.6 is 11.3 Å². The average Bonchev–Trinajstić information content (AvgIpc) is 2.83. The first-order valence-corrected chi connectivity index (χ1v) is 6.81. The van der Waals surface area contributed by atoms with Gasteiger partial charge < -0.3 is 19.5 Å². The molecule has 1 aliphatic heterocycles. The number of esters is 3. The van der Waals surface area contributed by atoms with Crippen molar-refractivity contribution in [3.8, 4) is 0 Å². The molecule has 0 radical (unpaired) electrons. The molecule has 0 saturated carbocycles. The summed E-state index contributed by atoms with van der Waals surface area (Å²) in [6, 6.07) is 1.62. The molecule has 0 aliphatic carbocycles. The van der Waals surface area contributed by atoms with Crippen LogP contribution < -0.4 is 5.32 Å². The SMILES string of the molecule is COC(=O)c1sccc1NC=C1C(=O)OC(C)(C)OC1=O. The van der Waals surface area contributed by atoms with Gasteiger partial charge >= 0.3 is 17.9 Å². The van der Waals surface area contributed by atoms with Crippen molar-refractivity contribution in [1.29, 1.82) is 0 Å². The summed E-state index contributed by atoms with van der Waals surface area (Å²) in [6.07, 6.45) is 1.15. The summed E-state index contributed by atoms with van der Waals surface area (Å²) >= 11 is 1.17.